The van der Waals surface area contributed by atoms with Gasteiger partial charge in [-0.05, 0) is 0 Å². The van der Waals surface area contributed by atoms with Gasteiger partial charge in [0.05, 0.1) is 19.3 Å². The van der Waals surface area contributed by atoms with Crippen molar-refractivity contribution in [1.29, 1.82) is 0 Å². The van der Waals surface area contributed by atoms with Gasteiger partial charge in [0.25, 0.3) is 0 Å². The monoisotopic (exact) mass is 267 g/mol. The molecule has 0 aliphatic rings. The molecule has 0 radical (unpaired) electrons. The highest BCUT2D eigenvalue weighted by molar-refractivity contribution is 6.14. The number of halogens is 1. The maximum atomic E-state index is 11.5. The zero-order valence-corrected chi connectivity index (χ0v) is 9.24. The molecule has 0 spiro atoms. The van der Waals surface area contributed by atoms with Crippen molar-refractivity contribution < 1.29 is 15.3 Å². The van der Waals surface area contributed by atoms with E-state index in [-0.39, 0.29) is 4.09 Å². The van der Waals surface area contributed by atoms with Gasteiger partial charge in [0.2, 0.25) is 0 Å². The van der Waals surface area contributed by atoms with Crippen LogP contribution < -0.4 is 17.1 Å². The maximum Gasteiger partial charge on any atom is 0.353 e. The Morgan fingerprint density at radius 3 is 2.06 bits per heavy atom. The SMILES string of the molecule is O=c1n(Cl)c(=O)n(CC(O)CO)c(=O)n1CO. The molecule has 0 aliphatic heterocycles. The topological polar surface area (TPSA) is 127 Å². The Bertz CT molecular complexity index is 572. The number of rotatable bonds is 4. The van der Waals surface area contributed by atoms with Crippen LogP contribution in [0.25, 0.3) is 0 Å². The Balaban J connectivity index is 3.51. The van der Waals surface area contributed by atoms with Crippen LogP contribution in [0.15, 0.2) is 14.4 Å². The van der Waals surface area contributed by atoms with Gasteiger partial charge in [0.1, 0.15) is 6.73 Å². The minimum absolute atomic E-state index is 0.0989. The molecule has 17 heavy (non-hydrogen) atoms. The Hall–Kier alpha value is -1.42. The molecule has 1 aromatic rings. The maximum absolute atomic E-state index is 11.5. The van der Waals surface area contributed by atoms with Crippen LogP contribution in [0.5, 0.6) is 0 Å². The predicted octanol–water partition coefficient (Wildman–Crippen LogP) is -3.52. The molecule has 0 saturated heterocycles. The van der Waals surface area contributed by atoms with Crippen molar-refractivity contribution >= 4 is 11.8 Å². The number of aliphatic hydroxyl groups excluding tert-OH is 3. The standard InChI is InChI=1S/C7H10ClN3O6/c8-11-6(16)9(1-4(14)2-12)5(15)10(3-13)7(11)17/h4,12-14H,1-3H2. The minimum Gasteiger partial charge on any atom is -0.394 e. The largest absolute Gasteiger partial charge is 0.394 e. The highest BCUT2D eigenvalue weighted by Crippen LogP contribution is 1.84. The lowest BCUT2D eigenvalue weighted by atomic mass is 10.4. The summed E-state index contributed by atoms with van der Waals surface area (Å²) in [6, 6.07) is 0. The van der Waals surface area contributed by atoms with E-state index in [1.165, 1.54) is 0 Å². The summed E-state index contributed by atoms with van der Waals surface area (Å²) in [6.07, 6.45) is -1.36. The minimum atomic E-state index is -1.36. The lowest BCUT2D eigenvalue weighted by Gasteiger charge is -2.11. The summed E-state index contributed by atoms with van der Waals surface area (Å²) in [5.74, 6) is 0. The quantitative estimate of drug-likeness (QED) is 0.519. The van der Waals surface area contributed by atoms with E-state index in [2.05, 4.69) is 0 Å². The second kappa shape index (κ2) is 5.27. The van der Waals surface area contributed by atoms with Crippen LogP contribution in [0.2, 0.25) is 0 Å². The third-order valence-electron chi connectivity index (χ3n) is 2.00. The second-order valence-electron chi connectivity index (χ2n) is 3.15. The van der Waals surface area contributed by atoms with E-state index < -0.39 is 43.1 Å². The van der Waals surface area contributed by atoms with Crippen molar-refractivity contribution in [3.05, 3.63) is 31.5 Å². The number of aliphatic hydroxyl groups is 3. The van der Waals surface area contributed by atoms with E-state index in [0.29, 0.717) is 9.13 Å². The fraction of sp³-hybridized carbons (Fsp3) is 0.571. The smallest absolute Gasteiger partial charge is 0.353 e. The third-order valence-corrected chi connectivity index (χ3v) is 2.29. The summed E-state index contributed by atoms with van der Waals surface area (Å²) in [5, 5.41) is 26.5. The van der Waals surface area contributed by atoms with E-state index in [9.17, 15) is 14.4 Å². The number of hydrogen-bond donors (Lipinski definition) is 3. The van der Waals surface area contributed by atoms with E-state index in [4.69, 9.17) is 27.1 Å². The van der Waals surface area contributed by atoms with Gasteiger partial charge in [-0.1, -0.05) is 0 Å². The van der Waals surface area contributed by atoms with Crippen molar-refractivity contribution in [1.82, 2.24) is 13.2 Å². The molecule has 1 rings (SSSR count). The molecule has 0 fully saturated rings. The van der Waals surface area contributed by atoms with E-state index in [0.717, 1.165) is 0 Å². The second-order valence-corrected chi connectivity index (χ2v) is 3.48. The van der Waals surface area contributed by atoms with Gasteiger partial charge in [0.15, 0.2) is 0 Å². The Kier molecular flexibility index (Phi) is 4.23. The van der Waals surface area contributed by atoms with Gasteiger partial charge in [-0.3, -0.25) is 0 Å². The highest BCUT2D eigenvalue weighted by Gasteiger charge is 2.16. The molecule has 1 aromatic heterocycles. The van der Waals surface area contributed by atoms with Gasteiger partial charge in [0, 0.05) is 11.8 Å². The number of hydrogen-bond acceptors (Lipinski definition) is 6. The first kappa shape index (κ1) is 13.6. The van der Waals surface area contributed by atoms with Crippen LogP contribution in [0.3, 0.4) is 0 Å². The van der Waals surface area contributed by atoms with Gasteiger partial charge in [-0.2, -0.15) is 4.09 Å². The van der Waals surface area contributed by atoms with Crippen molar-refractivity contribution in [2.45, 2.75) is 19.4 Å². The van der Waals surface area contributed by atoms with Crippen LogP contribution in [-0.4, -0.2) is 41.3 Å². The summed E-state index contributed by atoms with van der Waals surface area (Å²) < 4.78 is 0.839. The van der Waals surface area contributed by atoms with Crippen molar-refractivity contribution in [2.75, 3.05) is 6.61 Å². The zero-order valence-electron chi connectivity index (χ0n) is 8.48. The lowest BCUT2D eigenvalue weighted by Crippen LogP contribution is -2.53. The number of aromatic nitrogens is 3. The van der Waals surface area contributed by atoms with Crippen LogP contribution in [0.1, 0.15) is 0 Å². The summed E-state index contributed by atoms with van der Waals surface area (Å²) in [6.45, 7) is -2.17. The predicted molar refractivity (Wildman–Crippen MR) is 55.8 cm³/mol. The summed E-state index contributed by atoms with van der Waals surface area (Å²) in [7, 11) is 0. The molecule has 0 amide bonds. The molecule has 9 nitrogen and oxygen atoms in total. The van der Waals surface area contributed by atoms with Gasteiger partial charge in [-0.25, -0.2) is 23.5 Å². The first-order valence-corrected chi connectivity index (χ1v) is 4.80. The lowest BCUT2D eigenvalue weighted by molar-refractivity contribution is 0.0771. The van der Waals surface area contributed by atoms with Crippen LogP contribution in [0, 0.1) is 0 Å². The molecule has 10 heteroatoms. The molecular formula is C7H10ClN3O6. The van der Waals surface area contributed by atoms with Crippen molar-refractivity contribution in [2.24, 2.45) is 0 Å². The molecule has 3 N–H and O–H groups in total. The van der Waals surface area contributed by atoms with Crippen molar-refractivity contribution in [3.8, 4) is 0 Å². The first-order chi connectivity index (χ1) is 7.93. The van der Waals surface area contributed by atoms with E-state index in [1.54, 1.807) is 0 Å². The van der Waals surface area contributed by atoms with Crippen LogP contribution >= 0.6 is 11.8 Å². The number of nitrogens with zero attached hydrogens (tertiary/aromatic N) is 3. The average molecular weight is 268 g/mol. The first-order valence-electron chi connectivity index (χ1n) is 4.46. The van der Waals surface area contributed by atoms with E-state index in [1.807, 2.05) is 0 Å². The Morgan fingerprint density at radius 1 is 1.06 bits per heavy atom. The Morgan fingerprint density at radius 2 is 1.59 bits per heavy atom. The summed E-state index contributed by atoms with van der Waals surface area (Å²) in [5.41, 5.74) is -3.45. The Labute approximate surface area is 98.5 Å². The molecule has 0 bridgehead atoms. The molecule has 0 saturated carbocycles. The molecule has 0 aliphatic carbocycles. The molecule has 1 atom stereocenters. The zero-order chi connectivity index (χ0) is 13.2. The van der Waals surface area contributed by atoms with Gasteiger partial charge >= 0.3 is 17.1 Å². The normalized spacial score (nSPS) is 12.7. The van der Waals surface area contributed by atoms with Gasteiger partial charge in [-0.15, -0.1) is 0 Å². The fourth-order valence-electron chi connectivity index (χ4n) is 1.15. The highest BCUT2D eigenvalue weighted by atomic mass is 35.5. The molecular weight excluding hydrogens is 258 g/mol. The summed E-state index contributed by atoms with van der Waals surface area (Å²) in [4.78, 5) is 34.2. The fourth-order valence-corrected chi connectivity index (χ4v) is 1.33. The van der Waals surface area contributed by atoms with Crippen LogP contribution in [-0.2, 0) is 13.3 Å². The average Bonchev–Trinajstić information content (AvgIpc) is 2.32. The molecule has 96 valence electrons. The van der Waals surface area contributed by atoms with Crippen LogP contribution in [0.4, 0.5) is 0 Å². The van der Waals surface area contributed by atoms with E-state index >= 15 is 0 Å². The molecule has 1 heterocycles. The van der Waals surface area contributed by atoms with Crippen molar-refractivity contribution in [3.63, 3.8) is 0 Å². The summed E-state index contributed by atoms with van der Waals surface area (Å²) >= 11 is 5.32. The molecule has 0 aromatic carbocycles. The molecule has 1 unspecified atom stereocenters. The van der Waals surface area contributed by atoms with Gasteiger partial charge < -0.3 is 15.3 Å². The third kappa shape index (κ3) is 2.47.